The van der Waals surface area contributed by atoms with Crippen LogP contribution in [0, 0.1) is 0 Å². The van der Waals surface area contributed by atoms with Crippen LogP contribution in [0.5, 0.6) is 0 Å². The van der Waals surface area contributed by atoms with Crippen molar-refractivity contribution in [3.8, 4) is 0 Å². The minimum absolute atomic E-state index is 0.861. The Bertz CT molecular complexity index is 1680. The van der Waals surface area contributed by atoms with Gasteiger partial charge in [0.25, 0.3) is 0 Å². The molecule has 6 aromatic carbocycles. The standard InChI is InChI=1S/C32H22N4O2/c37-31(35-33-19-29-25-13-5-1-9-21(25)17-22-10-2-6-14-26(22)29)32(38)36-34-20-30-27-15-7-3-11-23(27)18-24-12-4-8-16-28(24)30/h1-20H,(H,35,37)(H,36,38)/b33-19-,34-20-. The zero-order valence-corrected chi connectivity index (χ0v) is 20.3. The average Bonchev–Trinajstić information content (AvgIpc) is 2.96. The molecule has 6 nitrogen and oxygen atoms in total. The van der Waals surface area contributed by atoms with Crippen LogP contribution in [0.15, 0.2) is 119 Å². The number of nitrogens with zero attached hydrogens (tertiary/aromatic N) is 2. The highest BCUT2D eigenvalue weighted by molar-refractivity contribution is 6.35. The van der Waals surface area contributed by atoms with E-state index in [9.17, 15) is 9.59 Å². The fourth-order valence-corrected chi connectivity index (χ4v) is 4.79. The third-order valence-electron chi connectivity index (χ3n) is 6.55. The van der Waals surface area contributed by atoms with E-state index in [1.165, 1.54) is 0 Å². The molecule has 2 amide bonds. The van der Waals surface area contributed by atoms with Gasteiger partial charge >= 0.3 is 11.8 Å². The smallest absolute Gasteiger partial charge is 0.262 e. The number of amides is 2. The van der Waals surface area contributed by atoms with Gasteiger partial charge in [-0.1, -0.05) is 97.1 Å². The molecule has 0 aliphatic heterocycles. The lowest BCUT2D eigenvalue weighted by Crippen LogP contribution is -2.35. The van der Waals surface area contributed by atoms with E-state index in [0.717, 1.165) is 54.2 Å². The Hall–Kier alpha value is -5.36. The van der Waals surface area contributed by atoms with Gasteiger partial charge in [0.05, 0.1) is 12.4 Å². The molecule has 0 saturated heterocycles. The van der Waals surface area contributed by atoms with Crippen molar-refractivity contribution in [2.45, 2.75) is 0 Å². The molecular formula is C32H22N4O2. The predicted octanol–water partition coefficient (Wildman–Crippen LogP) is 5.90. The molecule has 6 heteroatoms. The summed E-state index contributed by atoms with van der Waals surface area (Å²) >= 11 is 0. The Balaban J connectivity index is 1.21. The van der Waals surface area contributed by atoms with Crippen LogP contribution in [0.4, 0.5) is 0 Å². The largest absolute Gasteiger partial charge is 0.331 e. The molecule has 38 heavy (non-hydrogen) atoms. The van der Waals surface area contributed by atoms with Gasteiger partial charge in [-0.3, -0.25) is 9.59 Å². The molecule has 0 aromatic heterocycles. The fraction of sp³-hybridized carbons (Fsp3) is 0. The molecule has 0 atom stereocenters. The van der Waals surface area contributed by atoms with Crippen LogP contribution in [0.25, 0.3) is 43.1 Å². The minimum Gasteiger partial charge on any atom is -0.262 e. The van der Waals surface area contributed by atoms with Crippen LogP contribution >= 0.6 is 0 Å². The SMILES string of the molecule is O=C(N/N=C\c1c2ccccc2cc2ccccc12)C(=O)N/N=C\c1c2ccccc2cc2ccccc12. The molecule has 6 rings (SSSR count). The minimum atomic E-state index is -0.911. The number of hydrogen-bond acceptors (Lipinski definition) is 4. The van der Waals surface area contributed by atoms with Crippen LogP contribution in [0.2, 0.25) is 0 Å². The van der Waals surface area contributed by atoms with Crippen molar-refractivity contribution in [2.24, 2.45) is 10.2 Å². The number of hydrazone groups is 2. The van der Waals surface area contributed by atoms with Crippen molar-refractivity contribution in [1.82, 2.24) is 10.9 Å². The lowest BCUT2D eigenvalue weighted by atomic mass is 9.97. The van der Waals surface area contributed by atoms with Gasteiger partial charge in [0, 0.05) is 11.1 Å². The summed E-state index contributed by atoms with van der Waals surface area (Å²) in [5, 5.41) is 16.4. The van der Waals surface area contributed by atoms with Crippen molar-refractivity contribution in [3.05, 3.63) is 120 Å². The van der Waals surface area contributed by atoms with E-state index in [0.29, 0.717) is 0 Å². The summed E-state index contributed by atoms with van der Waals surface area (Å²) in [7, 11) is 0. The molecule has 0 fully saturated rings. The lowest BCUT2D eigenvalue weighted by Gasteiger charge is -2.08. The number of carbonyl (C=O) groups is 2. The molecule has 0 saturated carbocycles. The lowest BCUT2D eigenvalue weighted by molar-refractivity contribution is -0.139. The topological polar surface area (TPSA) is 82.9 Å². The average molecular weight is 495 g/mol. The van der Waals surface area contributed by atoms with Crippen LogP contribution < -0.4 is 10.9 Å². The molecular weight excluding hydrogens is 472 g/mol. The maximum atomic E-state index is 12.4. The van der Waals surface area contributed by atoms with E-state index >= 15 is 0 Å². The summed E-state index contributed by atoms with van der Waals surface area (Å²) in [5.41, 5.74) is 6.35. The quantitative estimate of drug-likeness (QED) is 0.138. The van der Waals surface area contributed by atoms with Crippen molar-refractivity contribution >= 4 is 67.3 Å². The van der Waals surface area contributed by atoms with Crippen molar-refractivity contribution < 1.29 is 9.59 Å². The second-order valence-electron chi connectivity index (χ2n) is 8.86. The number of fused-ring (bicyclic) bond motifs is 4. The monoisotopic (exact) mass is 494 g/mol. The van der Waals surface area contributed by atoms with E-state index in [-0.39, 0.29) is 0 Å². The third kappa shape index (κ3) is 4.35. The second kappa shape index (κ2) is 9.95. The summed E-state index contributed by atoms with van der Waals surface area (Å²) in [6.45, 7) is 0. The first-order valence-corrected chi connectivity index (χ1v) is 12.2. The number of rotatable bonds is 4. The van der Waals surface area contributed by atoms with E-state index in [4.69, 9.17) is 0 Å². The molecule has 0 radical (unpaired) electrons. The van der Waals surface area contributed by atoms with E-state index < -0.39 is 11.8 Å². The molecule has 0 unspecified atom stereocenters. The van der Waals surface area contributed by atoms with Gasteiger partial charge in [0.1, 0.15) is 0 Å². The Morgan fingerprint density at radius 2 is 0.763 bits per heavy atom. The van der Waals surface area contributed by atoms with Gasteiger partial charge in [0.15, 0.2) is 0 Å². The van der Waals surface area contributed by atoms with Crippen LogP contribution in [-0.2, 0) is 9.59 Å². The van der Waals surface area contributed by atoms with Crippen molar-refractivity contribution in [1.29, 1.82) is 0 Å². The van der Waals surface area contributed by atoms with Crippen LogP contribution in [-0.4, -0.2) is 24.2 Å². The van der Waals surface area contributed by atoms with Crippen LogP contribution in [0.3, 0.4) is 0 Å². The molecule has 6 aromatic rings. The maximum Gasteiger partial charge on any atom is 0.331 e. The van der Waals surface area contributed by atoms with Crippen molar-refractivity contribution in [3.63, 3.8) is 0 Å². The molecule has 0 spiro atoms. The highest BCUT2D eigenvalue weighted by atomic mass is 16.2. The summed E-state index contributed by atoms with van der Waals surface area (Å²) in [4.78, 5) is 24.8. The first kappa shape index (κ1) is 23.1. The van der Waals surface area contributed by atoms with Gasteiger partial charge < -0.3 is 0 Å². The van der Waals surface area contributed by atoms with Gasteiger partial charge in [-0.2, -0.15) is 10.2 Å². The molecule has 0 aliphatic rings. The van der Waals surface area contributed by atoms with Gasteiger partial charge in [-0.15, -0.1) is 0 Å². The Morgan fingerprint density at radius 3 is 1.08 bits per heavy atom. The third-order valence-corrected chi connectivity index (χ3v) is 6.55. The summed E-state index contributed by atoms with van der Waals surface area (Å²) in [6.07, 6.45) is 3.14. The normalized spacial score (nSPS) is 11.7. The molecule has 0 heterocycles. The van der Waals surface area contributed by atoms with Crippen molar-refractivity contribution in [2.75, 3.05) is 0 Å². The molecule has 182 valence electrons. The maximum absolute atomic E-state index is 12.4. The highest BCUT2D eigenvalue weighted by Gasteiger charge is 2.12. The number of benzene rings is 6. The number of carbonyl (C=O) groups excluding carboxylic acids is 2. The van der Waals surface area contributed by atoms with Gasteiger partial charge in [-0.25, -0.2) is 10.9 Å². The molecule has 2 N–H and O–H groups in total. The summed E-state index contributed by atoms with van der Waals surface area (Å²) < 4.78 is 0. The summed E-state index contributed by atoms with van der Waals surface area (Å²) in [6, 6.07) is 36.1. The second-order valence-corrected chi connectivity index (χ2v) is 8.86. The number of nitrogens with one attached hydrogen (secondary N) is 2. The Morgan fingerprint density at radius 1 is 0.474 bits per heavy atom. The first-order chi connectivity index (χ1) is 18.7. The predicted molar refractivity (Wildman–Crippen MR) is 154 cm³/mol. The summed E-state index contributed by atoms with van der Waals surface area (Å²) in [5.74, 6) is -1.82. The first-order valence-electron chi connectivity index (χ1n) is 12.2. The zero-order valence-electron chi connectivity index (χ0n) is 20.3. The zero-order chi connectivity index (χ0) is 25.9. The van der Waals surface area contributed by atoms with Gasteiger partial charge in [-0.05, 0) is 55.2 Å². The van der Waals surface area contributed by atoms with E-state index in [1.807, 2.05) is 97.1 Å². The molecule has 0 bridgehead atoms. The van der Waals surface area contributed by atoms with Gasteiger partial charge in [0.2, 0.25) is 0 Å². The Labute approximate surface area is 218 Å². The van der Waals surface area contributed by atoms with E-state index in [1.54, 1.807) is 12.4 Å². The van der Waals surface area contributed by atoms with Crippen LogP contribution in [0.1, 0.15) is 11.1 Å². The van der Waals surface area contributed by atoms with E-state index in [2.05, 4.69) is 33.2 Å². The number of hydrogen-bond donors (Lipinski definition) is 2. The Kier molecular flexibility index (Phi) is 6.04. The fourth-order valence-electron chi connectivity index (χ4n) is 4.79. The highest BCUT2D eigenvalue weighted by Crippen LogP contribution is 2.28. The molecule has 0 aliphatic carbocycles.